The molecule has 8 nitrogen and oxygen atoms in total. The summed E-state index contributed by atoms with van der Waals surface area (Å²) in [5.74, 6) is 1.01. The fraction of sp³-hybridized carbons (Fsp3) is 0.391. The van der Waals surface area contributed by atoms with Gasteiger partial charge in [-0.15, -0.1) is 5.10 Å². The van der Waals surface area contributed by atoms with E-state index in [0.717, 1.165) is 55.7 Å². The number of fused-ring (bicyclic) bond motifs is 1. The standard InChI is InChI=1S/C23H28N6O2/c1-3-13-28(14-4-2)15-12-17-10-11-20(22-19(17)16-21(30)24-22)31-29-23(25-26-27-29)18-8-6-5-7-9-18/h5-11H,3-4,12-16H2,1-2H3,(H,24,30). The van der Waals surface area contributed by atoms with Crippen molar-refractivity contribution in [1.29, 1.82) is 0 Å². The van der Waals surface area contributed by atoms with Gasteiger partial charge in [-0.05, 0) is 60.0 Å². The van der Waals surface area contributed by atoms with Crippen LogP contribution in [-0.4, -0.2) is 50.8 Å². The monoisotopic (exact) mass is 420 g/mol. The van der Waals surface area contributed by atoms with Gasteiger partial charge in [-0.25, -0.2) is 0 Å². The predicted molar refractivity (Wildman–Crippen MR) is 119 cm³/mol. The lowest BCUT2D eigenvalue weighted by molar-refractivity contribution is -0.115. The van der Waals surface area contributed by atoms with Crippen LogP contribution in [0.15, 0.2) is 42.5 Å². The van der Waals surface area contributed by atoms with Gasteiger partial charge in [0.15, 0.2) is 5.75 Å². The lowest BCUT2D eigenvalue weighted by Gasteiger charge is -2.21. The highest BCUT2D eigenvalue weighted by atomic mass is 16.7. The molecule has 0 bridgehead atoms. The van der Waals surface area contributed by atoms with Gasteiger partial charge in [-0.1, -0.05) is 55.1 Å². The lowest BCUT2D eigenvalue weighted by atomic mass is 10.0. The molecule has 0 radical (unpaired) electrons. The summed E-state index contributed by atoms with van der Waals surface area (Å²) in [6, 6.07) is 13.5. The van der Waals surface area contributed by atoms with Crippen LogP contribution in [0.1, 0.15) is 37.8 Å². The van der Waals surface area contributed by atoms with Crippen LogP contribution in [0.25, 0.3) is 11.4 Å². The molecule has 0 atom stereocenters. The average molecular weight is 421 g/mol. The van der Waals surface area contributed by atoms with E-state index in [1.807, 2.05) is 36.4 Å². The van der Waals surface area contributed by atoms with Gasteiger partial charge in [0.1, 0.15) is 0 Å². The summed E-state index contributed by atoms with van der Waals surface area (Å²) in [5.41, 5.74) is 3.74. The molecule has 1 N–H and O–H groups in total. The van der Waals surface area contributed by atoms with Crippen LogP contribution in [0.2, 0.25) is 0 Å². The minimum atomic E-state index is -0.0220. The van der Waals surface area contributed by atoms with E-state index in [1.54, 1.807) is 0 Å². The van der Waals surface area contributed by atoms with Gasteiger partial charge in [0, 0.05) is 12.1 Å². The summed E-state index contributed by atoms with van der Waals surface area (Å²) >= 11 is 0. The van der Waals surface area contributed by atoms with E-state index in [4.69, 9.17) is 4.84 Å². The number of benzene rings is 2. The molecule has 4 rings (SSSR count). The summed E-state index contributed by atoms with van der Waals surface area (Å²) in [5, 5.41) is 14.8. The summed E-state index contributed by atoms with van der Waals surface area (Å²) in [7, 11) is 0. The molecule has 2 aromatic carbocycles. The third-order valence-corrected chi connectivity index (χ3v) is 5.41. The molecule has 1 aliphatic rings. The number of carbonyl (C=O) groups excluding carboxylic acids is 1. The van der Waals surface area contributed by atoms with Gasteiger partial charge in [0.2, 0.25) is 11.7 Å². The first-order chi connectivity index (χ1) is 15.2. The zero-order chi connectivity index (χ0) is 21.6. The van der Waals surface area contributed by atoms with E-state index in [9.17, 15) is 4.79 Å². The number of nitrogens with one attached hydrogen (secondary N) is 1. The molecule has 0 spiro atoms. The van der Waals surface area contributed by atoms with Gasteiger partial charge in [0.25, 0.3) is 0 Å². The molecule has 8 heteroatoms. The molecule has 0 saturated heterocycles. The van der Waals surface area contributed by atoms with Crippen molar-refractivity contribution in [3.63, 3.8) is 0 Å². The Balaban J connectivity index is 1.57. The van der Waals surface area contributed by atoms with E-state index < -0.39 is 0 Å². The fourth-order valence-corrected chi connectivity index (χ4v) is 4.00. The molecule has 162 valence electrons. The second-order valence-corrected chi connectivity index (χ2v) is 7.73. The van der Waals surface area contributed by atoms with Gasteiger partial charge >= 0.3 is 0 Å². The molecule has 2 heterocycles. The first-order valence-electron chi connectivity index (χ1n) is 10.9. The Morgan fingerprint density at radius 1 is 1.06 bits per heavy atom. The van der Waals surface area contributed by atoms with E-state index in [0.29, 0.717) is 18.0 Å². The second-order valence-electron chi connectivity index (χ2n) is 7.73. The molecule has 1 amide bonds. The summed E-state index contributed by atoms with van der Waals surface area (Å²) < 4.78 is 0. The smallest absolute Gasteiger partial charge is 0.228 e. The summed E-state index contributed by atoms with van der Waals surface area (Å²) in [6.07, 6.45) is 3.55. The zero-order valence-electron chi connectivity index (χ0n) is 18.0. The number of hydrogen-bond donors (Lipinski definition) is 1. The number of anilines is 1. The second kappa shape index (κ2) is 9.70. The van der Waals surface area contributed by atoms with Crippen molar-refractivity contribution >= 4 is 11.6 Å². The maximum Gasteiger partial charge on any atom is 0.228 e. The van der Waals surface area contributed by atoms with Crippen molar-refractivity contribution in [1.82, 2.24) is 25.3 Å². The molecule has 0 aliphatic carbocycles. The Morgan fingerprint density at radius 2 is 1.84 bits per heavy atom. The Kier molecular flexibility index (Phi) is 6.57. The van der Waals surface area contributed by atoms with Crippen LogP contribution in [0.5, 0.6) is 5.75 Å². The first-order valence-corrected chi connectivity index (χ1v) is 10.9. The molecular weight excluding hydrogens is 392 g/mol. The number of tetrazole rings is 1. The van der Waals surface area contributed by atoms with E-state index in [2.05, 4.69) is 45.7 Å². The minimum Gasteiger partial charge on any atom is -0.352 e. The quantitative estimate of drug-likeness (QED) is 0.541. The molecule has 0 fully saturated rings. The van der Waals surface area contributed by atoms with Gasteiger partial charge in [-0.3, -0.25) is 4.79 Å². The van der Waals surface area contributed by atoms with E-state index >= 15 is 0 Å². The van der Waals surface area contributed by atoms with Crippen LogP contribution in [-0.2, 0) is 17.6 Å². The molecule has 1 aromatic heterocycles. The van der Waals surface area contributed by atoms with Crippen molar-refractivity contribution in [2.75, 3.05) is 25.0 Å². The topological polar surface area (TPSA) is 85.2 Å². The largest absolute Gasteiger partial charge is 0.352 e. The minimum absolute atomic E-state index is 0.0220. The van der Waals surface area contributed by atoms with Crippen molar-refractivity contribution in [3.05, 3.63) is 53.6 Å². The normalized spacial score (nSPS) is 12.8. The molecular formula is C23H28N6O2. The van der Waals surface area contributed by atoms with Gasteiger partial charge in [-0.2, -0.15) is 0 Å². The summed E-state index contributed by atoms with van der Waals surface area (Å²) in [4.78, 5) is 22.0. The van der Waals surface area contributed by atoms with Crippen molar-refractivity contribution < 1.29 is 9.63 Å². The van der Waals surface area contributed by atoms with Crippen molar-refractivity contribution in [3.8, 4) is 17.1 Å². The van der Waals surface area contributed by atoms with Crippen molar-refractivity contribution in [2.24, 2.45) is 0 Å². The molecule has 0 unspecified atom stereocenters. The number of rotatable bonds is 10. The number of hydrogen-bond acceptors (Lipinski definition) is 6. The highest BCUT2D eigenvalue weighted by Crippen LogP contribution is 2.36. The first kappa shape index (κ1) is 21.0. The SMILES string of the molecule is CCCN(CCC)CCc1ccc(On2nnnc2-c2ccccc2)c2c1CC(=O)N2. The van der Waals surface area contributed by atoms with E-state index in [1.165, 1.54) is 10.4 Å². The molecule has 1 aliphatic heterocycles. The predicted octanol–water partition coefficient (Wildman–Crippen LogP) is 3.34. The van der Waals surface area contributed by atoms with E-state index in [-0.39, 0.29) is 5.91 Å². The Hall–Kier alpha value is -3.26. The van der Waals surface area contributed by atoms with Gasteiger partial charge < -0.3 is 15.1 Å². The number of amides is 1. The molecule has 3 aromatic rings. The highest BCUT2D eigenvalue weighted by molar-refractivity contribution is 6.01. The van der Waals surface area contributed by atoms with Crippen molar-refractivity contribution in [2.45, 2.75) is 39.5 Å². The average Bonchev–Trinajstić information content (AvgIpc) is 3.40. The zero-order valence-corrected chi connectivity index (χ0v) is 18.0. The third kappa shape index (κ3) is 4.74. The maximum atomic E-state index is 12.2. The van der Waals surface area contributed by atoms with Crippen LogP contribution in [0.3, 0.4) is 0 Å². The summed E-state index contributed by atoms with van der Waals surface area (Å²) in [6.45, 7) is 7.58. The maximum absolute atomic E-state index is 12.2. The van der Waals surface area contributed by atoms with Crippen LogP contribution < -0.4 is 10.2 Å². The van der Waals surface area contributed by atoms with Crippen LogP contribution >= 0.6 is 0 Å². The Bertz CT molecular complexity index is 1030. The highest BCUT2D eigenvalue weighted by Gasteiger charge is 2.26. The third-order valence-electron chi connectivity index (χ3n) is 5.41. The van der Waals surface area contributed by atoms with Gasteiger partial charge in [0.05, 0.1) is 12.1 Å². The fourth-order valence-electron chi connectivity index (χ4n) is 4.00. The number of nitrogens with zero attached hydrogens (tertiary/aromatic N) is 5. The molecule has 0 saturated carbocycles. The number of carbonyl (C=O) groups is 1. The van der Waals surface area contributed by atoms with Crippen LogP contribution in [0, 0.1) is 0 Å². The number of aromatic nitrogens is 4. The lowest BCUT2D eigenvalue weighted by Crippen LogP contribution is -2.28. The van der Waals surface area contributed by atoms with Crippen LogP contribution in [0.4, 0.5) is 5.69 Å². The molecule has 31 heavy (non-hydrogen) atoms. The Labute approximate surface area is 182 Å². The Morgan fingerprint density at radius 3 is 2.58 bits per heavy atom.